The number of benzene rings is 3. The van der Waals surface area contributed by atoms with Gasteiger partial charge in [-0.3, -0.25) is 4.79 Å². The number of hydrogen-bond donors (Lipinski definition) is 0. The highest BCUT2D eigenvalue weighted by Gasteiger charge is 2.43. The normalized spacial score (nSPS) is 17.7. The van der Waals surface area contributed by atoms with Crippen molar-refractivity contribution >= 4 is 5.97 Å². The predicted molar refractivity (Wildman–Crippen MR) is 148 cm³/mol. The van der Waals surface area contributed by atoms with Crippen molar-refractivity contribution in [2.24, 2.45) is 5.92 Å². The van der Waals surface area contributed by atoms with Gasteiger partial charge >= 0.3 is 18.3 Å². The second kappa shape index (κ2) is 13.4. The van der Waals surface area contributed by atoms with Crippen LogP contribution in [0.2, 0.25) is 0 Å². The van der Waals surface area contributed by atoms with E-state index in [9.17, 15) is 31.1 Å². The maximum atomic E-state index is 14.2. The van der Waals surface area contributed by atoms with E-state index < -0.39 is 34.8 Å². The highest BCUT2D eigenvalue weighted by molar-refractivity contribution is 5.72. The molecule has 1 aliphatic heterocycles. The van der Waals surface area contributed by atoms with Gasteiger partial charge in [0.25, 0.3) is 0 Å². The summed E-state index contributed by atoms with van der Waals surface area (Å²) >= 11 is 0. The molecule has 0 aliphatic carbocycles. The summed E-state index contributed by atoms with van der Waals surface area (Å²) in [6.45, 7) is 3.27. The van der Waals surface area contributed by atoms with Crippen LogP contribution in [-0.2, 0) is 32.2 Å². The Balaban J connectivity index is 1.82. The van der Waals surface area contributed by atoms with Crippen LogP contribution in [0.3, 0.4) is 0 Å². The van der Waals surface area contributed by atoms with Gasteiger partial charge in [0.15, 0.2) is 0 Å². The number of hydrogen-bond acceptors (Lipinski definition) is 5. The Hall–Kier alpha value is -3.57. The van der Waals surface area contributed by atoms with E-state index in [1.165, 1.54) is 18.2 Å². The van der Waals surface area contributed by atoms with Gasteiger partial charge in [0, 0.05) is 13.1 Å². The van der Waals surface area contributed by atoms with E-state index >= 15 is 0 Å². The van der Waals surface area contributed by atoms with Crippen LogP contribution in [0.1, 0.15) is 47.6 Å². The minimum absolute atomic E-state index is 0.00913. The highest BCUT2D eigenvalue weighted by Crippen LogP contribution is 2.46. The van der Waals surface area contributed by atoms with Gasteiger partial charge in [-0.05, 0) is 67.3 Å². The molecule has 0 N–H and O–H groups in total. The van der Waals surface area contributed by atoms with E-state index in [0.717, 1.165) is 37.8 Å². The number of halogens is 6. The Morgan fingerprint density at radius 1 is 0.860 bits per heavy atom. The van der Waals surface area contributed by atoms with Crippen molar-refractivity contribution < 1.29 is 45.3 Å². The van der Waals surface area contributed by atoms with Gasteiger partial charge in [0.1, 0.15) is 11.4 Å². The van der Waals surface area contributed by atoms with Crippen molar-refractivity contribution in [3.63, 3.8) is 0 Å². The number of nitrogens with zero attached hydrogens (tertiary/aromatic N) is 1. The first-order valence-electron chi connectivity index (χ1n) is 13.9. The van der Waals surface area contributed by atoms with Crippen LogP contribution in [0.4, 0.5) is 26.3 Å². The third-order valence-electron chi connectivity index (χ3n) is 7.54. The third kappa shape index (κ3) is 7.33. The number of rotatable bonds is 10. The Morgan fingerprint density at radius 2 is 1.53 bits per heavy atom. The van der Waals surface area contributed by atoms with Crippen molar-refractivity contribution in [2.45, 2.75) is 37.7 Å². The van der Waals surface area contributed by atoms with E-state index in [1.807, 2.05) is 4.90 Å². The lowest BCUT2D eigenvalue weighted by molar-refractivity contribution is -0.150. The van der Waals surface area contributed by atoms with Gasteiger partial charge in [0.05, 0.1) is 37.4 Å². The quantitative estimate of drug-likeness (QED) is 0.137. The van der Waals surface area contributed by atoms with Crippen molar-refractivity contribution in [3.8, 4) is 5.75 Å². The number of piperidine rings is 1. The van der Waals surface area contributed by atoms with E-state index in [0.29, 0.717) is 25.1 Å². The van der Waals surface area contributed by atoms with Crippen LogP contribution in [0, 0.1) is 5.92 Å². The van der Waals surface area contributed by atoms with E-state index in [1.54, 1.807) is 37.3 Å². The van der Waals surface area contributed by atoms with Gasteiger partial charge in [-0.25, -0.2) is 0 Å². The van der Waals surface area contributed by atoms with Gasteiger partial charge < -0.3 is 19.1 Å². The molecule has 0 saturated carbocycles. The molecule has 2 unspecified atom stereocenters. The molecule has 1 heterocycles. The molecule has 0 amide bonds. The monoisotopic (exact) mass is 609 g/mol. The van der Waals surface area contributed by atoms with E-state index in [-0.39, 0.29) is 42.8 Å². The second-order valence-electron chi connectivity index (χ2n) is 10.3. The van der Waals surface area contributed by atoms with Gasteiger partial charge in [0.2, 0.25) is 0 Å². The van der Waals surface area contributed by atoms with Crippen LogP contribution in [0.5, 0.6) is 5.75 Å². The van der Waals surface area contributed by atoms with E-state index in [2.05, 4.69) is 0 Å². The average Bonchev–Trinajstić information content (AvgIpc) is 2.99. The molecule has 3 aromatic rings. The summed E-state index contributed by atoms with van der Waals surface area (Å²) in [5.74, 6) is -1.05. The van der Waals surface area contributed by atoms with Crippen LogP contribution in [0.15, 0.2) is 72.8 Å². The number of esters is 1. The standard InChI is InChI=1S/C32H33F6NO4/c1-3-42-29(40)22-9-8-16-39(21-22)17-18-43-30(23-10-5-4-6-11-23,24-12-7-13-26(19-24)31(33,34)35)25-14-15-28(41-2)27(20-25)32(36,37)38/h4-7,10-15,19-20,22H,3,8-9,16-18,21H2,1-2H3. The summed E-state index contributed by atoms with van der Waals surface area (Å²) in [4.78, 5) is 14.3. The molecular formula is C32H33F6NO4. The van der Waals surface area contributed by atoms with E-state index in [4.69, 9.17) is 14.2 Å². The number of ether oxygens (including phenoxy) is 3. The summed E-state index contributed by atoms with van der Waals surface area (Å²) < 4.78 is 101. The predicted octanol–water partition coefficient (Wildman–Crippen LogP) is 7.32. The zero-order valence-electron chi connectivity index (χ0n) is 23.8. The summed E-state index contributed by atoms with van der Waals surface area (Å²) in [6, 6.07) is 16.0. The van der Waals surface area contributed by atoms with Gasteiger partial charge in [-0.15, -0.1) is 0 Å². The largest absolute Gasteiger partial charge is 0.496 e. The summed E-state index contributed by atoms with van der Waals surface area (Å²) in [5.41, 5.74) is -3.58. The molecular weight excluding hydrogens is 576 g/mol. The smallest absolute Gasteiger partial charge is 0.419 e. The number of methoxy groups -OCH3 is 1. The topological polar surface area (TPSA) is 48.0 Å². The fourth-order valence-corrected chi connectivity index (χ4v) is 5.52. The lowest BCUT2D eigenvalue weighted by atomic mass is 9.79. The molecule has 43 heavy (non-hydrogen) atoms. The number of likely N-dealkylation sites (tertiary alicyclic amines) is 1. The lowest BCUT2D eigenvalue weighted by Gasteiger charge is -2.38. The third-order valence-corrected chi connectivity index (χ3v) is 7.54. The van der Waals surface area contributed by atoms with Crippen molar-refractivity contribution in [2.75, 3.05) is 40.0 Å². The molecule has 232 valence electrons. The SMILES string of the molecule is CCOC(=O)C1CCCN(CCOC(c2ccccc2)(c2cccc(C(F)(F)F)c2)c2ccc(OC)c(C(F)(F)F)c2)C1. The Bertz CT molecular complexity index is 1380. The molecule has 4 rings (SSSR count). The number of alkyl halides is 6. The maximum Gasteiger partial charge on any atom is 0.419 e. The lowest BCUT2D eigenvalue weighted by Crippen LogP contribution is -2.42. The molecule has 1 saturated heterocycles. The molecule has 11 heteroatoms. The van der Waals surface area contributed by atoms with Crippen LogP contribution in [0.25, 0.3) is 0 Å². The molecule has 1 fully saturated rings. The first kappa shape index (κ1) is 32.3. The molecule has 0 radical (unpaired) electrons. The fourth-order valence-electron chi connectivity index (χ4n) is 5.52. The minimum Gasteiger partial charge on any atom is -0.496 e. The van der Waals surface area contributed by atoms with Gasteiger partial charge in [-0.1, -0.05) is 48.5 Å². The Labute approximate surface area is 246 Å². The van der Waals surface area contributed by atoms with Crippen molar-refractivity contribution in [1.82, 2.24) is 4.90 Å². The molecule has 0 spiro atoms. The summed E-state index contributed by atoms with van der Waals surface area (Å²) in [7, 11) is 1.11. The highest BCUT2D eigenvalue weighted by atomic mass is 19.4. The minimum atomic E-state index is -4.81. The first-order valence-corrected chi connectivity index (χ1v) is 13.9. The Morgan fingerprint density at radius 3 is 2.19 bits per heavy atom. The molecule has 1 aliphatic rings. The zero-order valence-corrected chi connectivity index (χ0v) is 23.8. The van der Waals surface area contributed by atoms with Crippen molar-refractivity contribution in [3.05, 3.63) is 101 Å². The number of carbonyl (C=O) groups is 1. The van der Waals surface area contributed by atoms with Crippen LogP contribution >= 0.6 is 0 Å². The number of carbonyl (C=O) groups excluding carboxylic acids is 1. The summed E-state index contributed by atoms with van der Waals surface area (Å²) in [5, 5.41) is 0. The maximum absolute atomic E-state index is 14.2. The van der Waals surface area contributed by atoms with Crippen molar-refractivity contribution in [1.29, 1.82) is 0 Å². The zero-order chi connectivity index (χ0) is 31.3. The molecule has 2 atom stereocenters. The molecule has 5 nitrogen and oxygen atoms in total. The molecule has 0 aromatic heterocycles. The van der Waals surface area contributed by atoms with Gasteiger partial charge in [-0.2, -0.15) is 26.3 Å². The van der Waals surface area contributed by atoms with Crippen LogP contribution < -0.4 is 4.74 Å². The average molecular weight is 610 g/mol. The second-order valence-corrected chi connectivity index (χ2v) is 10.3. The first-order chi connectivity index (χ1) is 20.4. The molecule has 0 bridgehead atoms. The fraction of sp³-hybridized carbons (Fsp3) is 0.406. The molecule has 3 aromatic carbocycles. The summed E-state index contributed by atoms with van der Waals surface area (Å²) in [6.07, 6.45) is -8.12. The Kier molecular flexibility index (Phi) is 10.1. The van der Waals surface area contributed by atoms with Crippen LogP contribution in [-0.4, -0.2) is 50.8 Å².